The number of hydrogen-bond donors (Lipinski definition) is 1. The number of carbonyl (C=O) groups is 1. The molecule has 0 aliphatic rings. The van der Waals surface area contributed by atoms with Gasteiger partial charge in [-0.1, -0.05) is 30.3 Å². The smallest absolute Gasteiger partial charge is 0.257 e. The van der Waals surface area contributed by atoms with Crippen molar-refractivity contribution in [1.29, 1.82) is 0 Å². The number of nitrogens with zero attached hydrogens (tertiary/aromatic N) is 4. The Morgan fingerprint density at radius 2 is 2.00 bits per heavy atom. The van der Waals surface area contributed by atoms with E-state index in [1.54, 1.807) is 30.5 Å². The number of benzene rings is 1. The van der Waals surface area contributed by atoms with Crippen LogP contribution in [0.15, 0.2) is 48.9 Å². The molecule has 1 aromatic carbocycles. The van der Waals surface area contributed by atoms with Gasteiger partial charge < -0.3 is 9.88 Å². The molecule has 0 bridgehead atoms. The van der Waals surface area contributed by atoms with Crippen LogP contribution in [0, 0.1) is 6.92 Å². The predicted molar refractivity (Wildman–Crippen MR) is 86.6 cm³/mol. The largest absolute Gasteiger partial charge is 0.347 e. The van der Waals surface area contributed by atoms with Gasteiger partial charge in [0.25, 0.3) is 5.91 Å². The SMILES string of the molecule is Cc1nc(-c2ccccc2)ncc1C(=O)N(C)Cc1ncc[nH]1. The molecule has 0 spiro atoms. The van der Waals surface area contributed by atoms with Crippen LogP contribution in [0.5, 0.6) is 0 Å². The minimum absolute atomic E-state index is 0.126. The molecule has 0 saturated heterocycles. The second kappa shape index (κ2) is 6.39. The lowest BCUT2D eigenvalue weighted by Gasteiger charge is -2.16. The molecular weight excluding hydrogens is 290 g/mol. The minimum Gasteiger partial charge on any atom is -0.347 e. The van der Waals surface area contributed by atoms with Crippen molar-refractivity contribution in [3.63, 3.8) is 0 Å². The van der Waals surface area contributed by atoms with Gasteiger partial charge in [-0.2, -0.15) is 0 Å². The number of hydrogen-bond acceptors (Lipinski definition) is 4. The summed E-state index contributed by atoms with van der Waals surface area (Å²) in [6, 6.07) is 9.70. The van der Waals surface area contributed by atoms with E-state index in [0.717, 1.165) is 11.4 Å². The molecule has 0 aliphatic carbocycles. The number of nitrogens with one attached hydrogen (secondary N) is 1. The molecule has 6 heteroatoms. The Hall–Kier alpha value is -3.02. The lowest BCUT2D eigenvalue weighted by molar-refractivity contribution is 0.0780. The Labute approximate surface area is 134 Å². The highest BCUT2D eigenvalue weighted by Crippen LogP contribution is 2.16. The number of imidazole rings is 1. The van der Waals surface area contributed by atoms with Gasteiger partial charge >= 0.3 is 0 Å². The Kier molecular flexibility index (Phi) is 4.14. The maximum atomic E-state index is 12.5. The molecule has 23 heavy (non-hydrogen) atoms. The number of carbonyl (C=O) groups excluding carboxylic acids is 1. The molecule has 2 heterocycles. The van der Waals surface area contributed by atoms with Crippen molar-refractivity contribution in [2.24, 2.45) is 0 Å². The van der Waals surface area contributed by atoms with Crippen molar-refractivity contribution in [1.82, 2.24) is 24.8 Å². The van der Waals surface area contributed by atoms with Crippen LogP contribution in [-0.2, 0) is 6.54 Å². The van der Waals surface area contributed by atoms with Crippen LogP contribution >= 0.6 is 0 Å². The summed E-state index contributed by atoms with van der Waals surface area (Å²) in [7, 11) is 1.73. The van der Waals surface area contributed by atoms with Gasteiger partial charge in [-0.3, -0.25) is 4.79 Å². The van der Waals surface area contributed by atoms with E-state index in [9.17, 15) is 4.79 Å². The maximum Gasteiger partial charge on any atom is 0.257 e. The molecule has 0 aliphatic heterocycles. The first-order valence-corrected chi connectivity index (χ1v) is 7.28. The van der Waals surface area contributed by atoms with Crippen LogP contribution in [0.2, 0.25) is 0 Å². The van der Waals surface area contributed by atoms with Crippen LogP contribution in [0.3, 0.4) is 0 Å². The quantitative estimate of drug-likeness (QED) is 0.803. The predicted octanol–water partition coefficient (Wildman–Crippen LogP) is 2.45. The average Bonchev–Trinajstić information content (AvgIpc) is 3.08. The lowest BCUT2D eigenvalue weighted by atomic mass is 10.1. The normalized spacial score (nSPS) is 10.5. The summed E-state index contributed by atoms with van der Waals surface area (Å²) in [6.45, 7) is 2.23. The van der Waals surface area contributed by atoms with Crippen molar-refractivity contribution in [3.05, 3.63) is 66.0 Å². The third kappa shape index (κ3) is 3.26. The summed E-state index contributed by atoms with van der Waals surface area (Å²) in [5.74, 6) is 1.23. The van der Waals surface area contributed by atoms with Crippen molar-refractivity contribution in [2.45, 2.75) is 13.5 Å². The highest BCUT2D eigenvalue weighted by Gasteiger charge is 2.17. The molecule has 0 radical (unpaired) electrons. The van der Waals surface area contributed by atoms with Gasteiger partial charge in [0.1, 0.15) is 5.82 Å². The van der Waals surface area contributed by atoms with E-state index in [0.29, 0.717) is 23.6 Å². The van der Waals surface area contributed by atoms with E-state index in [-0.39, 0.29) is 5.91 Å². The molecule has 3 rings (SSSR count). The molecule has 0 atom stereocenters. The van der Waals surface area contributed by atoms with Gasteiger partial charge in [0.15, 0.2) is 5.82 Å². The number of aromatic nitrogens is 4. The van der Waals surface area contributed by atoms with Gasteiger partial charge in [0.2, 0.25) is 0 Å². The van der Waals surface area contributed by atoms with E-state index >= 15 is 0 Å². The summed E-state index contributed by atoms with van der Waals surface area (Å²) in [4.78, 5) is 30.0. The highest BCUT2D eigenvalue weighted by molar-refractivity contribution is 5.94. The molecule has 1 N–H and O–H groups in total. The summed E-state index contributed by atoms with van der Waals surface area (Å²) >= 11 is 0. The van der Waals surface area contributed by atoms with Crippen molar-refractivity contribution < 1.29 is 4.79 Å². The number of aryl methyl sites for hydroxylation is 1. The molecule has 1 amide bonds. The molecular formula is C17H17N5O. The van der Waals surface area contributed by atoms with Crippen LogP contribution < -0.4 is 0 Å². The molecule has 0 saturated carbocycles. The number of rotatable bonds is 4. The van der Waals surface area contributed by atoms with E-state index < -0.39 is 0 Å². The minimum atomic E-state index is -0.126. The summed E-state index contributed by atoms with van der Waals surface area (Å²) in [5.41, 5.74) is 2.09. The molecule has 3 aromatic rings. The summed E-state index contributed by atoms with van der Waals surface area (Å²) in [6.07, 6.45) is 4.99. The van der Waals surface area contributed by atoms with Gasteiger partial charge in [-0.15, -0.1) is 0 Å². The Bertz CT molecular complexity index is 799. The van der Waals surface area contributed by atoms with Crippen LogP contribution in [0.4, 0.5) is 0 Å². The second-order valence-corrected chi connectivity index (χ2v) is 5.26. The van der Waals surface area contributed by atoms with E-state index in [1.165, 1.54) is 0 Å². The first-order valence-electron chi connectivity index (χ1n) is 7.28. The summed E-state index contributed by atoms with van der Waals surface area (Å²) < 4.78 is 0. The van der Waals surface area contributed by atoms with Crippen LogP contribution in [0.1, 0.15) is 21.9 Å². The standard InChI is InChI=1S/C17H17N5O/c1-12-14(17(23)22(2)11-15-18-8-9-19-15)10-20-16(21-12)13-6-4-3-5-7-13/h3-10H,11H2,1-2H3,(H,18,19). The fourth-order valence-electron chi connectivity index (χ4n) is 2.29. The second-order valence-electron chi connectivity index (χ2n) is 5.26. The average molecular weight is 307 g/mol. The molecule has 2 aromatic heterocycles. The monoisotopic (exact) mass is 307 g/mol. The van der Waals surface area contributed by atoms with Gasteiger partial charge in [0, 0.05) is 31.2 Å². The number of amides is 1. The summed E-state index contributed by atoms with van der Waals surface area (Å²) in [5, 5.41) is 0. The highest BCUT2D eigenvalue weighted by atomic mass is 16.2. The lowest BCUT2D eigenvalue weighted by Crippen LogP contribution is -2.27. The van der Waals surface area contributed by atoms with Crippen LogP contribution in [0.25, 0.3) is 11.4 Å². The number of aromatic amines is 1. The third-order valence-electron chi connectivity index (χ3n) is 3.53. The topological polar surface area (TPSA) is 74.8 Å². The molecule has 0 unspecified atom stereocenters. The Balaban J connectivity index is 1.81. The van der Waals surface area contributed by atoms with E-state index in [2.05, 4.69) is 19.9 Å². The number of H-pyrrole nitrogens is 1. The molecule has 116 valence electrons. The van der Waals surface area contributed by atoms with Crippen molar-refractivity contribution >= 4 is 5.91 Å². The van der Waals surface area contributed by atoms with E-state index in [1.807, 2.05) is 37.3 Å². The zero-order valence-electron chi connectivity index (χ0n) is 13.0. The van der Waals surface area contributed by atoms with Crippen molar-refractivity contribution in [2.75, 3.05) is 7.05 Å². The Morgan fingerprint density at radius 3 is 2.65 bits per heavy atom. The Morgan fingerprint density at radius 1 is 1.22 bits per heavy atom. The first kappa shape index (κ1) is 14.9. The third-order valence-corrected chi connectivity index (χ3v) is 3.53. The van der Waals surface area contributed by atoms with Gasteiger partial charge in [0.05, 0.1) is 17.8 Å². The van der Waals surface area contributed by atoms with Crippen LogP contribution in [-0.4, -0.2) is 37.8 Å². The molecule has 0 fully saturated rings. The van der Waals surface area contributed by atoms with Crippen molar-refractivity contribution in [3.8, 4) is 11.4 Å². The van der Waals surface area contributed by atoms with Gasteiger partial charge in [-0.05, 0) is 6.92 Å². The fourth-order valence-corrected chi connectivity index (χ4v) is 2.29. The first-order chi connectivity index (χ1) is 11.1. The van der Waals surface area contributed by atoms with Gasteiger partial charge in [-0.25, -0.2) is 15.0 Å². The maximum absolute atomic E-state index is 12.5. The molecule has 6 nitrogen and oxygen atoms in total. The fraction of sp³-hybridized carbons (Fsp3) is 0.176. The van der Waals surface area contributed by atoms with E-state index in [4.69, 9.17) is 0 Å². The zero-order valence-corrected chi connectivity index (χ0v) is 13.0. The zero-order chi connectivity index (χ0) is 16.2.